The van der Waals surface area contributed by atoms with Crippen molar-refractivity contribution in [3.05, 3.63) is 96.2 Å². The van der Waals surface area contributed by atoms with Crippen molar-refractivity contribution >= 4 is 5.91 Å². The van der Waals surface area contributed by atoms with Crippen LogP contribution in [0.25, 0.3) is 16.9 Å². The van der Waals surface area contributed by atoms with Gasteiger partial charge in [-0.3, -0.25) is 9.78 Å². The number of aromatic nitrogens is 3. The van der Waals surface area contributed by atoms with E-state index >= 15 is 0 Å². The van der Waals surface area contributed by atoms with E-state index in [-0.39, 0.29) is 18.1 Å². The highest BCUT2D eigenvalue weighted by atomic mass is 19.1. The number of methoxy groups -OCH3 is 1. The van der Waals surface area contributed by atoms with Crippen LogP contribution in [0.15, 0.2) is 79.0 Å². The molecule has 0 aliphatic heterocycles. The molecular formula is C25H23FN4O2. The van der Waals surface area contributed by atoms with Crippen LogP contribution in [0.3, 0.4) is 0 Å². The molecule has 0 saturated heterocycles. The second-order valence-electron chi connectivity index (χ2n) is 7.24. The molecule has 0 aliphatic rings. The largest absolute Gasteiger partial charge is 0.497 e. The molecule has 162 valence electrons. The van der Waals surface area contributed by atoms with Crippen LogP contribution in [0.1, 0.15) is 17.8 Å². The third kappa shape index (κ3) is 5.18. The van der Waals surface area contributed by atoms with Gasteiger partial charge in [0, 0.05) is 24.6 Å². The number of hydrogen-bond donors (Lipinski definition) is 1. The summed E-state index contributed by atoms with van der Waals surface area (Å²) in [6, 6.07) is 21.3. The molecule has 6 nitrogen and oxygen atoms in total. The zero-order valence-corrected chi connectivity index (χ0v) is 17.7. The summed E-state index contributed by atoms with van der Waals surface area (Å²) in [6.07, 6.45) is 2.44. The number of carbonyl (C=O) groups excluding carboxylic acids is 1. The van der Waals surface area contributed by atoms with Crippen molar-refractivity contribution in [2.24, 2.45) is 0 Å². The number of ether oxygens (including phenoxy) is 1. The van der Waals surface area contributed by atoms with Gasteiger partial charge in [-0.2, -0.15) is 5.10 Å². The van der Waals surface area contributed by atoms with E-state index in [1.807, 2.05) is 54.6 Å². The van der Waals surface area contributed by atoms with Crippen LogP contribution in [-0.4, -0.2) is 27.8 Å². The molecule has 1 N–H and O–H groups in total. The molecule has 7 heteroatoms. The second-order valence-corrected chi connectivity index (χ2v) is 7.24. The molecule has 0 saturated carbocycles. The Bertz CT molecular complexity index is 1190. The summed E-state index contributed by atoms with van der Waals surface area (Å²) in [7, 11) is 1.61. The van der Waals surface area contributed by atoms with Gasteiger partial charge in [-0.15, -0.1) is 0 Å². The first-order chi connectivity index (χ1) is 15.6. The third-order valence-corrected chi connectivity index (χ3v) is 5.00. The maximum atomic E-state index is 13.9. The number of aryl methyl sites for hydroxylation is 1. The number of rotatable bonds is 8. The summed E-state index contributed by atoms with van der Waals surface area (Å²) >= 11 is 0. The minimum absolute atomic E-state index is 0.0815. The van der Waals surface area contributed by atoms with E-state index in [0.29, 0.717) is 18.5 Å². The Morgan fingerprint density at radius 2 is 1.88 bits per heavy atom. The Hall–Kier alpha value is -4.00. The van der Waals surface area contributed by atoms with Crippen LogP contribution < -0.4 is 10.1 Å². The predicted octanol–water partition coefficient (Wildman–Crippen LogP) is 4.33. The molecule has 0 spiro atoms. The minimum atomic E-state index is -0.319. The van der Waals surface area contributed by atoms with Crippen LogP contribution in [-0.2, 0) is 17.8 Å². The summed E-state index contributed by atoms with van der Waals surface area (Å²) in [5.41, 5.74) is 3.82. The fourth-order valence-electron chi connectivity index (χ4n) is 3.35. The van der Waals surface area contributed by atoms with Crippen molar-refractivity contribution in [1.29, 1.82) is 0 Å². The number of nitrogens with one attached hydrogen (secondary N) is 1. The number of pyridine rings is 1. The van der Waals surface area contributed by atoms with E-state index in [9.17, 15) is 9.18 Å². The Morgan fingerprint density at radius 3 is 2.59 bits per heavy atom. The average molecular weight is 430 g/mol. The van der Waals surface area contributed by atoms with Crippen molar-refractivity contribution in [1.82, 2.24) is 20.1 Å². The van der Waals surface area contributed by atoms with Crippen LogP contribution in [0, 0.1) is 5.82 Å². The molecule has 1 amide bonds. The number of nitrogens with zero attached hydrogens (tertiary/aromatic N) is 3. The fourth-order valence-corrected chi connectivity index (χ4v) is 3.35. The van der Waals surface area contributed by atoms with Crippen molar-refractivity contribution in [2.75, 3.05) is 7.11 Å². The van der Waals surface area contributed by atoms with E-state index in [0.717, 1.165) is 28.5 Å². The minimum Gasteiger partial charge on any atom is -0.497 e. The third-order valence-electron chi connectivity index (χ3n) is 5.00. The van der Waals surface area contributed by atoms with Gasteiger partial charge in [0.2, 0.25) is 5.91 Å². The lowest BCUT2D eigenvalue weighted by molar-refractivity contribution is -0.121. The summed E-state index contributed by atoms with van der Waals surface area (Å²) in [6.45, 7) is 0.383. The van der Waals surface area contributed by atoms with Gasteiger partial charge < -0.3 is 10.1 Å². The monoisotopic (exact) mass is 430 g/mol. The van der Waals surface area contributed by atoms with Gasteiger partial charge in [0.05, 0.1) is 36.4 Å². The Labute approximate surface area is 185 Å². The van der Waals surface area contributed by atoms with Crippen LogP contribution in [0.5, 0.6) is 5.75 Å². The number of benzene rings is 2. The summed E-state index contributed by atoms with van der Waals surface area (Å²) < 4.78 is 20.9. The van der Waals surface area contributed by atoms with Gasteiger partial charge in [0.25, 0.3) is 0 Å². The normalized spacial score (nSPS) is 10.7. The highest BCUT2D eigenvalue weighted by Crippen LogP contribution is 2.26. The smallest absolute Gasteiger partial charge is 0.220 e. The molecule has 2 heterocycles. The number of halogens is 1. The average Bonchev–Trinajstić information content (AvgIpc) is 3.26. The molecule has 4 rings (SSSR count). The molecule has 32 heavy (non-hydrogen) atoms. The molecule has 2 aromatic carbocycles. The van der Waals surface area contributed by atoms with Gasteiger partial charge in [-0.1, -0.05) is 18.2 Å². The lowest BCUT2D eigenvalue weighted by atomic mass is 10.1. The first kappa shape index (κ1) is 21.2. The molecule has 0 fully saturated rings. The molecular weight excluding hydrogens is 407 g/mol. The molecule has 2 aromatic heterocycles. The van der Waals surface area contributed by atoms with Crippen molar-refractivity contribution < 1.29 is 13.9 Å². The topological polar surface area (TPSA) is 69.0 Å². The molecule has 0 bridgehead atoms. The molecule has 0 atom stereocenters. The van der Waals surface area contributed by atoms with Crippen LogP contribution >= 0.6 is 0 Å². The van der Waals surface area contributed by atoms with E-state index in [1.54, 1.807) is 24.1 Å². The molecule has 0 aliphatic carbocycles. The Balaban J connectivity index is 1.52. The van der Waals surface area contributed by atoms with E-state index in [1.165, 1.54) is 12.1 Å². The second kappa shape index (κ2) is 9.87. The van der Waals surface area contributed by atoms with Gasteiger partial charge in [-0.05, 0) is 54.6 Å². The zero-order chi connectivity index (χ0) is 22.3. The quantitative estimate of drug-likeness (QED) is 0.452. The van der Waals surface area contributed by atoms with E-state index in [4.69, 9.17) is 9.84 Å². The van der Waals surface area contributed by atoms with Crippen LogP contribution in [0.4, 0.5) is 4.39 Å². The maximum Gasteiger partial charge on any atom is 0.220 e. The van der Waals surface area contributed by atoms with E-state index < -0.39 is 0 Å². The number of carbonyl (C=O) groups is 1. The van der Waals surface area contributed by atoms with Gasteiger partial charge >= 0.3 is 0 Å². The van der Waals surface area contributed by atoms with Crippen LogP contribution in [0.2, 0.25) is 0 Å². The number of amides is 1. The van der Waals surface area contributed by atoms with Crippen molar-refractivity contribution in [3.63, 3.8) is 0 Å². The SMILES string of the molecule is COc1ccc(-n2nc(CCC(=O)NCc3ccccn3)cc2-c2cccc(F)c2)cc1. The Morgan fingerprint density at radius 1 is 1.03 bits per heavy atom. The predicted molar refractivity (Wildman–Crippen MR) is 120 cm³/mol. The van der Waals surface area contributed by atoms with Gasteiger partial charge in [0.1, 0.15) is 11.6 Å². The van der Waals surface area contributed by atoms with Crippen molar-refractivity contribution in [3.8, 4) is 22.7 Å². The zero-order valence-electron chi connectivity index (χ0n) is 17.7. The lowest BCUT2D eigenvalue weighted by Gasteiger charge is -2.08. The summed E-state index contributed by atoms with van der Waals surface area (Å²) in [5, 5.41) is 7.57. The fraction of sp³-hybridized carbons (Fsp3) is 0.160. The number of hydrogen-bond acceptors (Lipinski definition) is 4. The first-order valence-corrected chi connectivity index (χ1v) is 10.3. The van der Waals surface area contributed by atoms with Crippen molar-refractivity contribution in [2.45, 2.75) is 19.4 Å². The lowest BCUT2D eigenvalue weighted by Crippen LogP contribution is -2.23. The standard InChI is InChI=1S/C25H23FN4O2/c1-32-23-11-9-22(10-12-23)30-24(18-5-4-6-19(26)15-18)16-20(29-30)8-13-25(31)28-17-21-7-2-3-14-27-21/h2-7,9-12,14-16H,8,13,17H2,1H3,(H,28,31). The molecule has 0 radical (unpaired) electrons. The van der Waals surface area contributed by atoms with Gasteiger partial charge in [0.15, 0.2) is 0 Å². The Kier molecular flexibility index (Phi) is 6.55. The summed E-state index contributed by atoms with van der Waals surface area (Å²) in [4.78, 5) is 16.5. The van der Waals surface area contributed by atoms with E-state index in [2.05, 4.69) is 10.3 Å². The highest BCUT2D eigenvalue weighted by Gasteiger charge is 2.14. The highest BCUT2D eigenvalue weighted by molar-refractivity contribution is 5.76. The summed E-state index contributed by atoms with van der Waals surface area (Å²) in [5.74, 6) is 0.334. The maximum absolute atomic E-state index is 13.9. The molecule has 4 aromatic rings. The first-order valence-electron chi connectivity index (χ1n) is 10.3. The van der Waals surface area contributed by atoms with Gasteiger partial charge in [-0.25, -0.2) is 9.07 Å². The molecule has 0 unspecified atom stereocenters.